The Hall–Kier alpha value is -1.38. The molecule has 84 valence electrons. The molecule has 0 saturated carbocycles. The van der Waals surface area contributed by atoms with Gasteiger partial charge in [0.1, 0.15) is 0 Å². The molecule has 0 amide bonds. The van der Waals surface area contributed by atoms with Gasteiger partial charge in [-0.1, -0.05) is 27.7 Å². The number of nitrogens with zero attached hydrogens (tertiary/aromatic N) is 2. The van der Waals surface area contributed by atoms with Crippen LogP contribution in [0.15, 0.2) is 12.3 Å². The Bertz CT molecular complexity index is 435. The summed E-state index contributed by atoms with van der Waals surface area (Å²) < 4.78 is 0. The van der Waals surface area contributed by atoms with E-state index in [-0.39, 0.29) is 1.43 Å². The SMILES string of the molecule is CC.Cc1ccnc2n[nH]c(C(C)C)c12.[HH]. The fraction of sp³-hybridized carbons (Fsp3) is 0.500. The highest BCUT2D eigenvalue weighted by Crippen LogP contribution is 2.23. The first-order chi connectivity index (χ1) is 7.20. The first kappa shape index (κ1) is 11.7. The molecule has 2 aromatic heterocycles. The topological polar surface area (TPSA) is 41.6 Å². The van der Waals surface area contributed by atoms with Crippen LogP contribution < -0.4 is 0 Å². The number of aromatic nitrogens is 3. The number of pyridine rings is 1. The van der Waals surface area contributed by atoms with Crippen LogP contribution in [0.25, 0.3) is 11.0 Å². The van der Waals surface area contributed by atoms with Gasteiger partial charge in [0.05, 0.1) is 0 Å². The molecule has 0 unspecified atom stereocenters. The van der Waals surface area contributed by atoms with E-state index in [0.717, 1.165) is 5.65 Å². The third-order valence-corrected chi connectivity index (χ3v) is 2.27. The van der Waals surface area contributed by atoms with Crippen LogP contribution in [0, 0.1) is 6.92 Å². The Labute approximate surface area is 92.4 Å². The molecule has 2 heterocycles. The zero-order chi connectivity index (χ0) is 11.4. The van der Waals surface area contributed by atoms with Crippen molar-refractivity contribution in [2.45, 2.75) is 40.5 Å². The van der Waals surface area contributed by atoms with Gasteiger partial charge in [-0.15, -0.1) is 0 Å². The van der Waals surface area contributed by atoms with E-state index in [1.165, 1.54) is 16.6 Å². The minimum Gasteiger partial charge on any atom is -0.279 e. The summed E-state index contributed by atoms with van der Waals surface area (Å²) >= 11 is 0. The van der Waals surface area contributed by atoms with Gasteiger partial charge in [0.15, 0.2) is 5.65 Å². The Kier molecular flexibility index (Phi) is 3.83. The van der Waals surface area contributed by atoms with Crippen molar-refractivity contribution in [3.63, 3.8) is 0 Å². The summed E-state index contributed by atoms with van der Waals surface area (Å²) in [5.74, 6) is 0.466. The quantitative estimate of drug-likeness (QED) is 0.775. The van der Waals surface area contributed by atoms with Crippen molar-refractivity contribution in [3.05, 3.63) is 23.5 Å². The second kappa shape index (κ2) is 4.91. The number of hydrogen-bond donors (Lipinski definition) is 1. The van der Waals surface area contributed by atoms with Gasteiger partial charge in [0, 0.05) is 18.7 Å². The van der Waals surface area contributed by atoms with E-state index in [0.29, 0.717) is 5.92 Å². The molecular weight excluding hydrogens is 186 g/mol. The van der Waals surface area contributed by atoms with Crippen LogP contribution in [-0.4, -0.2) is 15.2 Å². The summed E-state index contributed by atoms with van der Waals surface area (Å²) in [4.78, 5) is 4.20. The Morgan fingerprint density at radius 1 is 1.33 bits per heavy atom. The zero-order valence-corrected chi connectivity index (χ0v) is 10.1. The van der Waals surface area contributed by atoms with Gasteiger partial charge in [0.2, 0.25) is 0 Å². The van der Waals surface area contributed by atoms with Gasteiger partial charge in [-0.25, -0.2) is 4.98 Å². The third-order valence-electron chi connectivity index (χ3n) is 2.27. The summed E-state index contributed by atoms with van der Waals surface area (Å²) in [7, 11) is 0. The van der Waals surface area contributed by atoms with Crippen LogP contribution in [-0.2, 0) is 0 Å². The number of hydrogen-bond acceptors (Lipinski definition) is 2. The predicted octanol–water partition coefficient (Wildman–Crippen LogP) is 3.66. The molecule has 2 aromatic rings. The minimum atomic E-state index is 0. The number of H-pyrrole nitrogens is 1. The molecule has 0 aliphatic rings. The van der Waals surface area contributed by atoms with Crippen molar-refractivity contribution in [2.75, 3.05) is 0 Å². The summed E-state index contributed by atoms with van der Waals surface area (Å²) in [5, 5.41) is 8.38. The van der Waals surface area contributed by atoms with E-state index in [2.05, 4.69) is 36.0 Å². The van der Waals surface area contributed by atoms with Gasteiger partial charge in [0.25, 0.3) is 0 Å². The van der Waals surface area contributed by atoms with Gasteiger partial charge in [-0.2, -0.15) is 5.10 Å². The van der Waals surface area contributed by atoms with Crippen LogP contribution in [0.2, 0.25) is 0 Å². The smallest absolute Gasteiger partial charge is 0.181 e. The Morgan fingerprint density at radius 3 is 2.60 bits per heavy atom. The van der Waals surface area contributed by atoms with Crippen LogP contribution in [0.1, 0.15) is 46.3 Å². The normalized spacial score (nSPS) is 10.3. The van der Waals surface area contributed by atoms with Gasteiger partial charge >= 0.3 is 0 Å². The van der Waals surface area contributed by atoms with Crippen molar-refractivity contribution in [3.8, 4) is 0 Å². The van der Waals surface area contributed by atoms with Gasteiger partial charge in [-0.05, 0) is 24.5 Å². The van der Waals surface area contributed by atoms with Crippen molar-refractivity contribution < 1.29 is 1.43 Å². The van der Waals surface area contributed by atoms with Crippen molar-refractivity contribution >= 4 is 11.0 Å². The lowest BCUT2D eigenvalue weighted by Gasteiger charge is -2.02. The van der Waals surface area contributed by atoms with Crippen molar-refractivity contribution in [1.82, 2.24) is 15.2 Å². The van der Waals surface area contributed by atoms with E-state index in [1.807, 2.05) is 19.9 Å². The molecular formula is C12H21N3. The monoisotopic (exact) mass is 207 g/mol. The highest BCUT2D eigenvalue weighted by molar-refractivity contribution is 5.81. The fourth-order valence-corrected chi connectivity index (χ4v) is 1.55. The zero-order valence-electron chi connectivity index (χ0n) is 10.1. The largest absolute Gasteiger partial charge is 0.279 e. The Morgan fingerprint density at radius 2 is 2.00 bits per heavy atom. The molecule has 0 spiro atoms. The molecule has 0 aliphatic carbocycles. The molecule has 3 nitrogen and oxygen atoms in total. The number of aromatic amines is 1. The molecule has 0 atom stereocenters. The molecule has 0 bridgehead atoms. The van der Waals surface area contributed by atoms with E-state index in [4.69, 9.17) is 0 Å². The first-order valence-electron chi connectivity index (χ1n) is 5.49. The van der Waals surface area contributed by atoms with Crippen LogP contribution in [0.3, 0.4) is 0 Å². The number of rotatable bonds is 1. The second-order valence-electron chi connectivity index (χ2n) is 3.62. The van der Waals surface area contributed by atoms with Crippen LogP contribution in [0.5, 0.6) is 0 Å². The van der Waals surface area contributed by atoms with E-state index in [1.54, 1.807) is 6.20 Å². The summed E-state index contributed by atoms with van der Waals surface area (Å²) in [6, 6.07) is 2.02. The van der Waals surface area contributed by atoms with Gasteiger partial charge < -0.3 is 0 Å². The molecule has 0 radical (unpaired) electrons. The molecule has 3 heteroatoms. The molecule has 15 heavy (non-hydrogen) atoms. The second-order valence-corrected chi connectivity index (χ2v) is 3.62. The molecule has 0 fully saturated rings. The van der Waals surface area contributed by atoms with Crippen LogP contribution in [0.4, 0.5) is 0 Å². The highest BCUT2D eigenvalue weighted by atomic mass is 15.1. The van der Waals surface area contributed by atoms with Crippen LogP contribution >= 0.6 is 0 Å². The number of nitrogens with one attached hydrogen (secondary N) is 1. The van der Waals surface area contributed by atoms with Gasteiger partial charge in [-0.3, -0.25) is 5.10 Å². The maximum absolute atomic E-state index is 4.20. The number of fused-ring (bicyclic) bond motifs is 1. The molecule has 0 aliphatic heterocycles. The maximum atomic E-state index is 4.20. The lowest BCUT2D eigenvalue weighted by Crippen LogP contribution is -1.89. The molecule has 2 rings (SSSR count). The standard InChI is InChI=1S/C10H13N3.C2H6.H2/c1-6(2)9-8-7(3)4-5-11-10(8)13-12-9;1-2;/h4-6H,1-3H3,(H,11,12,13);1-2H3;1H. The van der Waals surface area contributed by atoms with Crippen molar-refractivity contribution in [1.29, 1.82) is 0 Å². The highest BCUT2D eigenvalue weighted by Gasteiger charge is 2.10. The summed E-state index contributed by atoms with van der Waals surface area (Å²) in [5.41, 5.74) is 3.24. The average Bonchev–Trinajstić information content (AvgIpc) is 2.66. The lowest BCUT2D eigenvalue weighted by molar-refractivity contribution is 0.817. The predicted molar refractivity (Wildman–Crippen MR) is 66.2 cm³/mol. The molecule has 1 N–H and O–H groups in total. The van der Waals surface area contributed by atoms with Crippen molar-refractivity contribution in [2.24, 2.45) is 0 Å². The Balaban J connectivity index is 0.000000711. The molecule has 0 saturated heterocycles. The van der Waals surface area contributed by atoms with E-state index in [9.17, 15) is 0 Å². The van der Waals surface area contributed by atoms with E-state index >= 15 is 0 Å². The fourth-order valence-electron chi connectivity index (χ4n) is 1.55. The lowest BCUT2D eigenvalue weighted by atomic mass is 10.0. The average molecular weight is 207 g/mol. The first-order valence-corrected chi connectivity index (χ1v) is 5.49. The third kappa shape index (κ3) is 2.17. The summed E-state index contributed by atoms with van der Waals surface area (Å²) in [6.07, 6.45) is 1.79. The van der Waals surface area contributed by atoms with E-state index < -0.39 is 0 Å². The molecule has 0 aromatic carbocycles. The summed E-state index contributed by atoms with van der Waals surface area (Å²) in [6.45, 7) is 10.4. The maximum Gasteiger partial charge on any atom is 0.181 e. The number of aryl methyl sites for hydroxylation is 1. The minimum absolute atomic E-state index is 0.